The normalized spacial score (nSPS) is 12.0. The van der Waals surface area contributed by atoms with E-state index in [0.29, 0.717) is 17.3 Å². The number of carbonyl (C=O) groups excluding carboxylic acids is 1. The first-order valence-corrected chi connectivity index (χ1v) is 8.50. The van der Waals surface area contributed by atoms with Gasteiger partial charge in [0.15, 0.2) is 0 Å². The Morgan fingerprint density at radius 2 is 1.64 bits per heavy atom. The van der Waals surface area contributed by atoms with Crippen LogP contribution in [0.2, 0.25) is 0 Å². The van der Waals surface area contributed by atoms with Gasteiger partial charge in [-0.25, -0.2) is 9.97 Å². The van der Waals surface area contributed by atoms with Gasteiger partial charge in [0.2, 0.25) is 0 Å². The summed E-state index contributed by atoms with van der Waals surface area (Å²) in [5.74, 6) is 0.969. The predicted octanol–water partition coefficient (Wildman–Crippen LogP) is 4.55. The van der Waals surface area contributed by atoms with Gasteiger partial charge in [0.05, 0.1) is 0 Å². The molecule has 0 bridgehead atoms. The molecule has 1 heterocycles. The summed E-state index contributed by atoms with van der Waals surface area (Å²) < 4.78 is 0. The molecule has 1 amide bonds. The summed E-state index contributed by atoms with van der Waals surface area (Å²) in [5, 5.41) is 6.28. The molecule has 0 radical (unpaired) electrons. The quantitative estimate of drug-likeness (QED) is 0.860. The number of nitrogens with zero attached hydrogens (tertiary/aromatic N) is 2. The summed E-state index contributed by atoms with van der Waals surface area (Å²) >= 11 is 0. The van der Waals surface area contributed by atoms with Gasteiger partial charge in [-0.1, -0.05) is 39.0 Å². The van der Waals surface area contributed by atoms with E-state index >= 15 is 0 Å². The Morgan fingerprint density at radius 1 is 1.00 bits per heavy atom. The first-order valence-electron chi connectivity index (χ1n) is 8.50. The van der Waals surface area contributed by atoms with Crippen LogP contribution in [0.15, 0.2) is 30.3 Å². The molecule has 5 nitrogen and oxygen atoms in total. The highest BCUT2D eigenvalue weighted by Crippen LogP contribution is 2.29. The predicted molar refractivity (Wildman–Crippen MR) is 103 cm³/mol. The maximum atomic E-state index is 12.7. The van der Waals surface area contributed by atoms with Crippen molar-refractivity contribution >= 4 is 17.4 Å². The topological polar surface area (TPSA) is 66.9 Å². The standard InChI is InChI=1S/C20H28N4O/c1-13-21-16(12-17(22-13)24-20(5,6)7)18(25)23-15-11-9-8-10-14(15)19(2,3)4/h8-12H,1-7H3,(H,23,25)(H,21,22,24). The Labute approximate surface area is 150 Å². The summed E-state index contributed by atoms with van der Waals surface area (Å²) in [6.45, 7) is 14.3. The zero-order valence-electron chi connectivity index (χ0n) is 16.2. The first kappa shape index (κ1) is 18.9. The number of hydrogen-bond donors (Lipinski definition) is 2. The van der Waals surface area contributed by atoms with Crippen molar-refractivity contribution in [1.82, 2.24) is 9.97 Å². The van der Waals surface area contributed by atoms with E-state index in [-0.39, 0.29) is 16.9 Å². The van der Waals surface area contributed by atoms with Crippen LogP contribution in [0.5, 0.6) is 0 Å². The zero-order valence-corrected chi connectivity index (χ0v) is 16.2. The molecule has 25 heavy (non-hydrogen) atoms. The van der Waals surface area contributed by atoms with E-state index < -0.39 is 0 Å². The lowest BCUT2D eigenvalue weighted by molar-refractivity contribution is 0.102. The summed E-state index contributed by atoms with van der Waals surface area (Å²) in [6.07, 6.45) is 0. The van der Waals surface area contributed by atoms with Crippen LogP contribution < -0.4 is 10.6 Å². The molecule has 1 aromatic heterocycles. The Bertz CT molecular complexity index is 770. The molecule has 0 atom stereocenters. The summed E-state index contributed by atoms with van der Waals surface area (Å²) in [5.41, 5.74) is 2.03. The number of aryl methyl sites for hydroxylation is 1. The molecule has 0 saturated carbocycles. The van der Waals surface area contributed by atoms with Crippen molar-refractivity contribution in [2.24, 2.45) is 0 Å². The minimum Gasteiger partial charge on any atom is -0.365 e. The van der Waals surface area contributed by atoms with Gasteiger partial charge in [-0.15, -0.1) is 0 Å². The number of hydrogen-bond acceptors (Lipinski definition) is 4. The van der Waals surface area contributed by atoms with Gasteiger partial charge in [0, 0.05) is 17.3 Å². The number of rotatable bonds is 3. The number of nitrogens with one attached hydrogen (secondary N) is 2. The number of carbonyl (C=O) groups is 1. The average Bonchev–Trinajstić information content (AvgIpc) is 2.44. The van der Waals surface area contributed by atoms with E-state index in [1.165, 1.54) is 0 Å². The fraction of sp³-hybridized carbons (Fsp3) is 0.450. The average molecular weight is 340 g/mol. The molecule has 0 saturated heterocycles. The third kappa shape index (κ3) is 5.28. The molecule has 2 aromatic rings. The van der Waals surface area contributed by atoms with Crippen molar-refractivity contribution in [2.45, 2.75) is 59.4 Å². The zero-order chi connectivity index (χ0) is 18.8. The molecule has 0 fully saturated rings. The van der Waals surface area contributed by atoms with Crippen LogP contribution in [0.3, 0.4) is 0 Å². The fourth-order valence-electron chi connectivity index (χ4n) is 2.56. The number of anilines is 2. The lowest BCUT2D eigenvalue weighted by Crippen LogP contribution is -2.27. The van der Waals surface area contributed by atoms with Crippen molar-refractivity contribution < 1.29 is 4.79 Å². The summed E-state index contributed by atoms with van der Waals surface area (Å²) in [6, 6.07) is 9.54. The molecule has 0 aliphatic rings. The Balaban J connectivity index is 2.31. The molecule has 2 N–H and O–H groups in total. The minimum atomic E-state index is -0.237. The van der Waals surface area contributed by atoms with Gasteiger partial charge in [0.1, 0.15) is 17.3 Å². The van der Waals surface area contributed by atoms with Gasteiger partial charge in [-0.3, -0.25) is 4.79 Å². The van der Waals surface area contributed by atoms with Crippen LogP contribution in [0, 0.1) is 6.92 Å². The molecule has 1 aromatic carbocycles. The highest BCUT2D eigenvalue weighted by Gasteiger charge is 2.20. The first-order chi connectivity index (χ1) is 11.5. The maximum absolute atomic E-state index is 12.7. The van der Waals surface area contributed by atoms with Crippen molar-refractivity contribution in [1.29, 1.82) is 0 Å². The van der Waals surface area contributed by atoms with Crippen LogP contribution in [-0.2, 0) is 5.41 Å². The molecule has 0 aliphatic carbocycles. The Kier molecular flexibility index (Phi) is 5.16. The summed E-state index contributed by atoms with van der Waals surface area (Å²) in [4.78, 5) is 21.4. The highest BCUT2D eigenvalue weighted by atomic mass is 16.1. The third-order valence-electron chi connectivity index (χ3n) is 3.56. The van der Waals surface area contributed by atoms with E-state index in [1.807, 2.05) is 45.0 Å². The second-order valence-electron chi connectivity index (χ2n) is 8.31. The second-order valence-corrected chi connectivity index (χ2v) is 8.31. The van der Waals surface area contributed by atoms with Gasteiger partial charge in [-0.2, -0.15) is 0 Å². The summed E-state index contributed by atoms with van der Waals surface area (Å²) in [7, 11) is 0. The van der Waals surface area contributed by atoms with E-state index in [4.69, 9.17) is 0 Å². The molecule has 134 valence electrons. The van der Waals surface area contributed by atoms with E-state index in [9.17, 15) is 4.79 Å². The number of benzene rings is 1. The monoisotopic (exact) mass is 340 g/mol. The van der Waals surface area contributed by atoms with E-state index in [1.54, 1.807) is 13.0 Å². The van der Waals surface area contributed by atoms with Gasteiger partial charge in [-0.05, 0) is 44.7 Å². The molecule has 0 spiro atoms. The fourth-order valence-corrected chi connectivity index (χ4v) is 2.56. The smallest absolute Gasteiger partial charge is 0.274 e. The maximum Gasteiger partial charge on any atom is 0.274 e. The Morgan fingerprint density at radius 3 is 2.24 bits per heavy atom. The third-order valence-corrected chi connectivity index (χ3v) is 3.56. The lowest BCUT2D eigenvalue weighted by atomic mass is 9.86. The van der Waals surface area contributed by atoms with Crippen LogP contribution in [0.4, 0.5) is 11.5 Å². The van der Waals surface area contributed by atoms with Crippen molar-refractivity contribution in [3.8, 4) is 0 Å². The van der Waals surface area contributed by atoms with E-state index in [2.05, 4.69) is 41.4 Å². The molecular formula is C20H28N4O. The van der Waals surface area contributed by atoms with Crippen molar-refractivity contribution in [3.63, 3.8) is 0 Å². The SMILES string of the molecule is Cc1nc(NC(C)(C)C)cc(C(=O)Nc2ccccc2C(C)(C)C)n1. The van der Waals surface area contributed by atoms with Gasteiger partial charge in [0.25, 0.3) is 5.91 Å². The number of amides is 1. The molecule has 2 rings (SSSR count). The Hall–Kier alpha value is -2.43. The van der Waals surface area contributed by atoms with Crippen LogP contribution >= 0.6 is 0 Å². The van der Waals surface area contributed by atoms with Crippen molar-refractivity contribution in [3.05, 3.63) is 47.4 Å². The number of para-hydroxylation sites is 1. The largest absolute Gasteiger partial charge is 0.365 e. The molecule has 5 heteroatoms. The number of aromatic nitrogens is 2. The highest BCUT2D eigenvalue weighted by molar-refractivity contribution is 6.03. The minimum absolute atomic E-state index is 0.0651. The van der Waals surface area contributed by atoms with Gasteiger partial charge >= 0.3 is 0 Å². The van der Waals surface area contributed by atoms with Crippen LogP contribution in [0.1, 0.15) is 63.4 Å². The molecule has 0 unspecified atom stereocenters. The van der Waals surface area contributed by atoms with Crippen LogP contribution in [-0.4, -0.2) is 21.4 Å². The second kappa shape index (κ2) is 6.82. The molecule has 0 aliphatic heterocycles. The van der Waals surface area contributed by atoms with Gasteiger partial charge < -0.3 is 10.6 Å². The molecular weight excluding hydrogens is 312 g/mol. The van der Waals surface area contributed by atoms with Crippen LogP contribution in [0.25, 0.3) is 0 Å². The lowest BCUT2D eigenvalue weighted by Gasteiger charge is -2.23. The van der Waals surface area contributed by atoms with E-state index in [0.717, 1.165) is 11.3 Å². The van der Waals surface area contributed by atoms with Crippen molar-refractivity contribution in [2.75, 3.05) is 10.6 Å².